The molecule has 1 saturated carbocycles. The molecule has 0 bridgehead atoms. The lowest BCUT2D eigenvalue weighted by Crippen LogP contribution is -2.47. The molecule has 3 aromatic rings. The summed E-state index contributed by atoms with van der Waals surface area (Å²) in [6.45, 7) is 5.40. The van der Waals surface area contributed by atoms with E-state index >= 15 is 0 Å². The standard InChI is InChI=1S/C24H27ClN6OS/c1-2-20(32)29-16-5-3-6-17(21(16)25)33-18-15-28-23(31-14-11-27-22(18)31)30-12-9-24(10-13-30)8-4-7-19(24)26/h2-3,5-6,11,14-15,19H,1,4,7-10,12-13,26H2,(H,29,32). The predicted octanol–water partition coefficient (Wildman–Crippen LogP) is 4.76. The number of benzene rings is 1. The molecule has 3 heterocycles. The molecule has 1 saturated heterocycles. The Bertz CT molecular complexity index is 1200. The molecule has 2 fully saturated rings. The first-order chi connectivity index (χ1) is 16.0. The SMILES string of the molecule is C=CC(=O)Nc1cccc(Sc2cnc(N3CCC4(CCCC4N)CC3)n3ccnc23)c1Cl. The fraction of sp³-hybridized carbons (Fsp3) is 0.375. The average Bonchev–Trinajstić information content (AvgIpc) is 3.45. The number of fused-ring (bicyclic) bond motifs is 1. The van der Waals surface area contributed by atoms with E-state index in [0.717, 1.165) is 53.7 Å². The Hall–Kier alpha value is -2.55. The summed E-state index contributed by atoms with van der Waals surface area (Å²) in [6.07, 6.45) is 12.7. The molecule has 1 spiro atoms. The molecule has 33 heavy (non-hydrogen) atoms. The largest absolute Gasteiger partial charge is 0.342 e. The number of hydrogen-bond acceptors (Lipinski definition) is 6. The van der Waals surface area contributed by atoms with Gasteiger partial charge in [0, 0.05) is 42.6 Å². The van der Waals surface area contributed by atoms with E-state index in [2.05, 4.69) is 21.8 Å². The Morgan fingerprint density at radius 2 is 2.09 bits per heavy atom. The van der Waals surface area contributed by atoms with Crippen molar-refractivity contribution in [2.24, 2.45) is 11.1 Å². The number of rotatable bonds is 5. The summed E-state index contributed by atoms with van der Waals surface area (Å²) < 4.78 is 2.05. The second kappa shape index (κ2) is 9.00. The third-order valence-corrected chi connectivity index (χ3v) is 8.61. The lowest BCUT2D eigenvalue weighted by Gasteiger charge is -2.42. The fourth-order valence-corrected chi connectivity index (χ4v) is 6.34. The summed E-state index contributed by atoms with van der Waals surface area (Å²) in [4.78, 5) is 25.2. The smallest absolute Gasteiger partial charge is 0.247 e. The topological polar surface area (TPSA) is 88.5 Å². The molecule has 1 aromatic carbocycles. The van der Waals surface area contributed by atoms with Crippen LogP contribution in [-0.2, 0) is 4.79 Å². The maximum Gasteiger partial charge on any atom is 0.247 e. The number of piperidine rings is 1. The fourth-order valence-electron chi connectivity index (χ4n) is 5.12. The molecule has 7 nitrogen and oxygen atoms in total. The zero-order valence-electron chi connectivity index (χ0n) is 18.3. The number of amides is 1. The van der Waals surface area contributed by atoms with Gasteiger partial charge in [-0.15, -0.1) is 0 Å². The number of carbonyl (C=O) groups is 1. The van der Waals surface area contributed by atoms with Crippen LogP contribution >= 0.6 is 23.4 Å². The highest BCUT2D eigenvalue weighted by Crippen LogP contribution is 2.46. The van der Waals surface area contributed by atoms with Gasteiger partial charge in [0.25, 0.3) is 0 Å². The van der Waals surface area contributed by atoms with Gasteiger partial charge >= 0.3 is 0 Å². The van der Waals surface area contributed by atoms with Crippen molar-refractivity contribution in [1.82, 2.24) is 14.4 Å². The van der Waals surface area contributed by atoms with Crippen molar-refractivity contribution in [1.29, 1.82) is 0 Å². The van der Waals surface area contributed by atoms with Gasteiger partial charge in [0.1, 0.15) is 0 Å². The Kier molecular flexibility index (Phi) is 6.07. The molecule has 5 rings (SSSR count). The van der Waals surface area contributed by atoms with Crippen molar-refractivity contribution in [3.63, 3.8) is 0 Å². The molecule has 3 N–H and O–H groups in total. The van der Waals surface area contributed by atoms with E-state index in [1.807, 2.05) is 28.9 Å². The summed E-state index contributed by atoms with van der Waals surface area (Å²) in [6, 6.07) is 5.86. The van der Waals surface area contributed by atoms with Crippen LogP contribution in [0.2, 0.25) is 5.02 Å². The number of hydrogen-bond donors (Lipinski definition) is 2. The molecule has 1 amide bonds. The van der Waals surface area contributed by atoms with Gasteiger partial charge < -0.3 is 16.0 Å². The minimum Gasteiger partial charge on any atom is -0.342 e. The number of nitrogens with one attached hydrogen (secondary N) is 1. The monoisotopic (exact) mass is 482 g/mol. The van der Waals surface area contributed by atoms with E-state index in [1.54, 1.807) is 12.3 Å². The van der Waals surface area contributed by atoms with E-state index in [1.165, 1.54) is 30.7 Å². The molecule has 172 valence electrons. The number of nitrogens with two attached hydrogens (primary N) is 1. The number of imidazole rings is 1. The van der Waals surface area contributed by atoms with Crippen molar-refractivity contribution in [2.45, 2.75) is 47.9 Å². The third-order valence-electron chi connectivity index (χ3n) is 7.02. The van der Waals surface area contributed by atoms with Crippen LogP contribution in [0, 0.1) is 5.41 Å². The Morgan fingerprint density at radius 3 is 2.82 bits per heavy atom. The van der Waals surface area contributed by atoms with E-state index in [4.69, 9.17) is 22.3 Å². The van der Waals surface area contributed by atoms with E-state index in [9.17, 15) is 4.79 Å². The van der Waals surface area contributed by atoms with Crippen molar-refractivity contribution < 1.29 is 4.79 Å². The molecule has 0 radical (unpaired) electrons. The van der Waals surface area contributed by atoms with Gasteiger partial charge in [0.15, 0.2) is 5.65 Å². The highest BCUT2D eigenvalue weighted by atomic mass is 35.5. The first-order valence-electron chi connectivity index (χ1n) is 11.2. The predicted molar refractivity (Wildman–Crippen MR) is 133 cm³/mol. The molecule has 1 unspecified atom stereocenters. The van der Waals surface area contributed by atoms with Crippen LogP contribution in [0.5, 0.6) is 0 Å². The van der Waals surface area contributed by atoms with Crippen LogP contribution in [0.25, 0.3) is 5.65 Å². The van der Waals surface area contributed by atoms with E-state index in [0.29, 0.717) is 22.2 Å². The van der Waals surface area contributed by atoms with Gasteiger partial charge in [-0.25, -0.2) is 9.97 Å². The first-order valence-corrected chi connectivity index (χ1v) is 12.4. The molecule has 1 aliphatic carbocycles. The van der Waals surface area contributed by atoms with Gasteiger partial charge in [0.05, 0.1) is 15.6 Å². The maximum atomic E-state index is 11.7. The molecule has 2 aliphatic rings. The lowest BCUT2D eigenvalue weighted by molar-refractivity contribution is -0.111. The van der Waals surface area contributed by atoms with Crippen molar-refractivity contribution in [3.05, 3.63) is 54.5 Å². The first kappa shape index (κ1) is 22.3. The normalized spacial score (nSPS) is 19.8. The minimum atomic E-state index is -0.303. The molecular formula is C24H27ClN6OS. The highest BCUT2D eigenvalue weighted by molar-refractivity contribution is 7.99. The maximum absolute atomic E-state index is 11.7. The molecule has 2 aromatic heterocycles. The Balaban J connectivity index is 1.39. The van der Waals surface area contributed by atoms with Crippen LogP contribution in [0.3, 0.4) is 0 Å². The summed E-state index contributed by atoms with van der Waals surface area (Å²) in [5, 5.41) is 3.21. The van der Waals surface area contributed by atoms with Crippen LogP contribution in [0.1, 0.15) is 32.1 Å². The number of nitrogens with zero attached hydrogens (tertiary/aromatic N) is 4. The molecule has 1 atom stereocenters. The number of carbonyl (C=O) groups excluding carboxylic acids is 1. The number of aromatic nitrogens is 3. The summed E-state index contributed by atoms with van der Waals surface area (Å²) >= 11 is 8.05. The van der Waals surface area contributed by atoms with Crippen LogP contribution < -0.4 is 16.0 Å². The third kappa shape index (κ3) is 4.11. The second-order valence-electron chi connectivity index (χ2n) is 8.80. The molecular weight excluding hydrogens is 456 g/mol. The summed E-state index contributed by atoms with van der Waals surface area (Å²) in [7, 11) is 0. The Labute approximate surface area is 202 Å². The van der Waals surface area contributed by atoms with Gasteiger partial charge in [-0.1, -0.05) is 42.4 Å². The zero-order valence-corrected chi connectivity index (χ0v) is 19.9. The average molecular weight is 483 g/mol. The van der Waals surface area contributed by atoms with Crippen molar-refractivity contribution in [2.75, 3.05) is 23.3 Å². The van der Waals surface area contributed by atoms with E-state index < -0.39 is 0 Å². The van der Waals surface area contributed by atoms with E-state index in [-0.39, 0.29) is 5.91 Å². The zero-order chi connectivity index (χ0) is 23.0. The minimum absolute atomic E-state index is 0.303. The van der Waals surface area contributed by atoms with Crippen LogP contribution in [0.15, 0.2) is 59.2 Å². The summed E-state index contributed by atoms with van der Waals surface area (Å²) in [5.74, 6) is 0.606. The summed E-state index contributed by atoms with van der Waals surface area (Å²) in [5.41, 5.74) is 8.15. The van der Waals surface area contributed by atoms with Gasteiger partial charge in [-0.2, -0.15) is 0 Å². The highest BCUT2D eigenvalue weighted by Gasteiger charge is 2.43. The lowest BCUT2D eigenvalue weighted by atomic mass is 9.74. The molecule has 1 aliphatic heterocycles. The molecule has 9 heteroatoms. The van der Waals surface area contributed by atoms with Crippen LogP contribution in [0.4, 0.5) is 11.6 Å². The number of anilines is 2. The van der Waals surface area contributed by atoms with Crippen molar-refractivity contribution in [3.8, 4) is 0 Å². The van der Waals surface area contributed by atoms with Gasteiger partial charge in [0.2, 0.25) is 11.9 Å². The van der Waals surface area contributed by atoms with Gasteiger partial charge in [-0.3, -0.25) is 9.20 Å². The van der Waals surface area contributed by atoms with Crippen LogP contribution in [-0.4, -0.2) is 39.4 Å². The Morgan fingerprint density at radius 1 is 1.27 bits per heavy atom. The van der Waals surface area contributed by atoms with Crippen molar-refractivity contribution >= 4 is 46.6 Å². The number of halogens is 1. The quantitative estimate of drug-likeness (QED) is 0.510. The van der Waals surface area contributed by atoms with Gasteiger partial charge in [-0.05, 0) is 49.3 Å². The second-order valence-corrected chi connectivity index (χ2v) is 10.3.